The minimum atomic E-state index is -0.963. The van der Waals surface area contributed by atoms with Crippen LogP contribution in [0.1, 0.15) is 33.2 Å². The lowest BCUT2D eigenvalue weighted by Crippen LogP contribution is -2.24. The monoisotopic (exact) mass is 472 g/mol. The zero-order valence-corrected chi connectivity index (χ0v) is 19.6. The van der Waals surface area contributed by atoms with Crippen molar-refractivity contribution in [2.24, 2.45) is 0 Å². The van der Waals surface area contributed by atoms with E-state index in [2.05, 4.69) is 10.3 Å². The molecule has 4 rings (SSSR count). The van der Waals surface area contributed by atoms with E-state index in [1.54, 1.807) is 37.4 Å². The van der Waals surface area contributed by atoms with Crippen molar-refractivity contribution in [3.63, 3.8) is 0 Å². The van der Waals surface area contributed by atoms with Gasteiger partial charge in [-0.3, -0.25) is 9.59 Å². The van der Waals surface area contributed by atoms with Gasteiger partial charge in [0, 0.05) is 33.2 Å². The molecule has 0 aliphatic rings. The maximum Gasteiger partial charge on any atom is 0.339 e. The number of aromatic nitrogens is 1. The number of esters is 1. The number of para-hydroxylation sites is 1. The van der Waals surface area contributed by atoms with Crippen molar-refractivity contribution in [2.75, 3.05) is 11.1 Å². The largest absolute Gasteiger partial charge is 0.451 e. The maximum absolute atomic E-state index is 12.9. The Morgan fingerprint density at radius 2 is 1.65 bits per heavy atom. The molecular formula is C27H24N2O4S. The molecule has 1 aromatic heterocycles. The summed E-state index contributed by atoms with van der Waals surface area (Å²) >= 11 is 1.24. The quantitative estimate of drug-likeness (QED) is 0.197. The van der Waals surface area contributed by atoms with E-state index >= 15 is 0 Å². The molecule has 4 aromatic rings. The van der Waals surface area contributed by atoms with Crippen LogP contribution in [-0.4, -0.2) is 34.5 Å². The van der Waals surface area contributed by atoms with Gasteiger partial charge in [0.2, 0.25) is 11.7 Å². The van der Waals surface area contributed by atoms with E-state index in [1.807, 2.05) is 55.5 Å². The summed E-state index contributed by atoms with van der Waals surface area (Å²) in [4.78, 5) is 41.8. The first-order valence-corrected chi connectivity index (χ1v) is 11.8. The number of thioether (sulfide) groups is 1. The summed E-state index contributed by atoms with van der Waals surface area (Å²) in [6, 6.07) is 21.9. The highest BCUT2D eigenvalue weighted by Crippen LogP contribution is 2.25. The molecule has 0 aliphatic heterocycles. The first-order chi connectivity index (χ1) is 16.4. The van der Waals surface area contributed by atoms with E-state index < -0.39 is 12.1 Å². The van der Waals surface area contributed by atoms with Crippen molar-refractivity contribution < 1.29 is 19.1 Å². The second-order valence-corrected chi connectivity index (χ2v) is 8.88. The number of aromatic amines is 1. The third-order valence-corrected chi connectivity index (χ3v) is 6.38. The summed E-state index contributed by atoms with van der Waals surface area (Å²) in [7, 11) is 0. The molecule has 0 saturated heterocycles. The van der Waals surface area contributed by atoms with Gasteiger partial charge in [0.15, 0.2) is 6.10 Å². The number of rotatable bonds is 8. The van der Waals surface area contributed by atoms with Gasteiger partial charge in [0.05, 0.1) is 11.3 Å². The van der Waals surface area contributed by atoms with E-state index in [9.17, 15) is 14.4 Å². The molecule has 0 radical (unpaired) electrons. The van der Waals surface area contributed by atoms with Crippen molar-refractivity contribution >= 4 is 46.0 Å². The first kappa shape index (κ1) is 23.3. The summed E-state index contributed by atoms with van der Waals surface area (Å²) in [5, 5.41) is 3.63. The molecule has 0 spiro atoms. The number of ether oxygens (including phenoxy) is 1. The van der Waals surface area contributed by atoms with Gasteiger partial charge in [-0.25, -0.2) is 4.79 Å². The Kier molecular flexibility index (Phi) is 7.13. The van der Waals surface area contributed by atoms with Gasteiger partial charge in [0.1, 0.15) is 0 Å². The molecule has 34 heavy (non-hydrogen) atoms. The lowest BCUT2D eigenvalue weighted by molar-refractivity contribution is -0.113. The highest BCUT2D eigenvalue weighted by Gasteiger charge is 2.24. The third kappa shape index (κ3) is 5.38. The number of carbonyl (C=O) groups excluding carboxylic acids is 3. The molecule has 7 heteroatoms. The Hall–Kier alpha value is -3.84. The summed E-state index contributed by atoms with van der Waals surface area (Å²) < 4.78 is 5.51. The number of hydrogen-bond donors (Lipinski definition) is 2. The molecule has 172 valence electrons. The van der Waals surface area contributed by atoms with E-state index in [0.717, 1.165) is 16.5 Å². The lowest BCUT2D eigenvalue weighted by Gasteiger charge is -2.14. The van der Waals surface area contributed by atoms with E-state index in [-0.39, 0.29) is 17.4 Å². The molecular weight excluding hydrogens is 448 g/mol. The number of H-pyrrole nitrogens is 1. The predicted octanol–water partition coefficient (Wildman–Crippen LogP) is 5.64. The van der Waals surface area contributed by atoms with Gasteiger partial charge in [-0.1, -0.05) is 48.0 Å². The first-order valence-electron chi connectivity index (χ1n) is 10.8. The van der Waals surface area contributed by atoms with Crippen LogP contribution in [0.3, 0.4) is 0 Å². The molecule has 2 N–H and O–H groups in total. The number of hydrogen-bond acceptors (Lipinski definition) is 5. The van der Waals surface area contributed by atoms with Crippen LogP contribution >= 0.6 is 11.8 Å². The van der Waals surface area contributed by atoms with Gasteiger partial charge < -0.3 is 15.0 Å². The van der Waals surface area contributed by atoms with Gasteiger partial charge in [0.25, 0.3) is 0 Å². The molecule has 0 fully saturated rings. The van der Waals surface area contributed by atoms with Gasteiger partial charge in [-0.15, -0.1) is 11.8 Å². The number of amides is 1. The van der Waals surface area contributed by atoms with E-state index in [0.29, 0.717) is 21.7 Å². The fourth-order valence-electron chi connectivity index (χ4n) is 3.51. The molecule has 0 bridgehead atoms. The Morgan fingerprint density at radius 3 is 2.44 bits per heavy atom. The lowest BCUT2D eigenvalue weighted by atomic mass is 10.1. The van der Waals surface area contributed by atoms with Crippen LogP contribution < -0.4 is 5.32 Å². The summed E-state index contributed by atoms with van der Waals surface area (Å²) in [5.41, 5.74) is 3.46. The smallest absolute Gasteiger partial charge is 0.339 e. The van der Waals surface area contributed by atoms with Crippen molar-refractivity contribution in [3.05, 3.63) is 95.7 Å². The minimum absolute atomic E-state index is 0.127. The fourth-order valence-corrected chi connectivity index (χ4v) is 4.35. The number of Topliss-reactive ketones (excluding diaryl/α,β-unsaturated/α-hetero) is 1. The van der Waals surface area contributed by atoms with Crippen LogP contribution in [0.5, 0.6) is 0 Å². The molecule has 1 heterocycles. The summed E-state index contributed by atoms with van der Waals surface area (Å²) in [6.07, 6.45) is 0.669. The number of benzene rings is 3. The molecule has 0 saturated carbocycles. The average molecular weight is 473 g/mol. The summed E-state index contributed by atoms with van der Waals surface area (Å²) in [6.45, 7) is 3.54. The summed E-state index contributed by atoms with van der Waals surface area (Å²) in [5.74, 6) is -0.946. The zero-order valence-electron chi connectivity index (χ0n) is 18.8. The number of anilines is 1. The van der Waals surface area contributed by atoms with Crippen LogP contribution in [0, 0.1) is 6.92 Å². The SMILES string of the molecule is Cc1ccc(NC(=O)CSc2ccccc2C(=O)O[C@H](C)C(=O)c2c[nH]c3ccccc23)cc1. The van der Waals surface area contributed by atoms with Crippen LogP contribution in [-0.2, 0) is 9.53 Å². The number of fused-ring (bicyclic) bond motifs is 1. The van der Waals surface area contributed by atoms with Crippen molar-refractivity contribution in [1.82, 2.24) is 4.98 Å². The standard InChI is InChI=1S/C27H24N2O4S/c1-17-11-13-19(14-12-17)29-25(30)16-34-24-10-6-4-8-21(24)27(32)33-18(2)26(31)22-15-28-23-9-5-3-7-20(22)23/h3-15,18,28H,16H2,1-2H3,(H,29,30)/t18-/m1/s1. The van der Waals surface area contributed by atoms with Crippen molar-refractivity contribution in [3.8, 4) is 0 Å². The number of carbonyl (C=O) groups is 3. The number of aryl methyl sites for hydroxylation is 1. The average Bonchev–Trinajstić information content (AvgIpc) is 3.28. The normalized spacial score (nSPS) is 11.7. The van der Waals surface area contributed by atoms with Gasteiger partial charge in [-0.2, -0.15) is 0 Å². The molecule has 3 aromatic carbocycles. The number of ketones is 1. The Morgan fingerprint density at radius 1 is 0.941 bits per heavy atom. The Bertz CT molecular complexity index is 1340. The molecule has 0 unspecified atom stereocenters. The second kappa shape index (κ2) is 10.4. The van der Waals surface area contributed by atoms with Gasteiger partial charge in [-0.05, 0) is 44.2 Å². The minimum Gasteiger partial charge on any atom is -0.451 e. The van der Waals surface area contributed by atoms with Crippen LogP contribution in [0.25, 0.3) is 10.9 Å². The van der Waals surface area contributed by atoms with Crippen molar-refractivity contribution in [1.29, 1.82) is 0 Å². The highest BCUT2D eigenvalue weighted by atomic mass is 32.2. The highest BCUT2D eigenvalue weighted by molar-refractivity contribution is 8.00. The molecule has 0 aliphatic carbocycles. The van der Waals surface area contributed by atoms with Crippen molar-refractivity contribution in [2.45, 2.75) is 24.8 Å². The topological polar surface area (TPSA) is 88.3 Å². The van der Waals surface area contributed by atoms with E-state index in [4.69, 9.17) is 4.74 Å². The maximum atomic E-state index is 12.9. The van der Waals surface area contributed by atoms with Crippen LogP contribution in [0.2, 0.25) is 0 Å². The molecule has 1 atom stereocenters. The number of nitrogens with one attached hydrogen (secondary N) is 2. The predicted molar refractivity (Wildman–Crippen MR) is 134 cm³/mol. The zero-order chi connectivity index (χ0) is 24.1. The van der Waals surface area contributed by atoms with E-state index in [1.165, 1.54) is 11.8 Å². The fraction of sp³-hybridized carbons (Fsp3) is 0.148. The molecule has 6 nitrogen and oxygen atoms in total. The Labute approximate surface area is 201 Å². The van der Waals surface area contributed by atoms with Gasteiger partial charge >= 0.3 is 5.97 Å². The van der Waals surface area contributed by atoms with Crippen LogP contribution in [0.15, 0.2) is 83.9 Å². The van der Waals surface area contributed by atoms with Crippen LogP contribution in [0.4, 0.5) is 5.69 Å². The molecule has 1 amide bonds. The third-order valence-electron chi connectivity index (χ3n) is 5.31. The second-order valence-electron chi connectivity index (χ2n) is 7.86. The Balaban J connectivity index is 1.40.